The van der Waals surface area contributed by atoms with Crippen LogP contribution >= 0.6 is 0 Å². The van der Waals surface area contributed by atoms with Gasteiger partial charge in [0.25, 0.3) is 0 Å². The van der Waals surface area contributed by atoms with Crippen molar-refractivity contribution in [1.82, 2.24) is 10.6 Å². The van der Waals surface area contributed by atoms with E-state index in [4.69, 9.17) is 14.6 Å². The Morgan fingerprint density at radius 2 is 1.59 bits per heavy atom. The molecule has 0 aliphatic heterocycles. The van der Waals surface area contributed by atoms with E-state index in [2.05, 4.69) is 34.9 Å². The first-order valence-electron chi connectivity index (χ1n) is 11.6. The maximum Gasteiger partial charge on any atom is 0.407 e. The molecule has 2 unspecified atom stereocenters. The summed E-state index contributed by atoms with van der Waals surface area (Å²) in [6.45, 7) is 4.29. The van der Waals surface area contributed by atoms with Crippen molar-refractivity contribution in [2.45, 2.75) is 51.2 Å². The molecule has 0 heterocycles. The van der Waals surface area contributed by atoms with Gasteiger partial charge >= 0.3 is 12.1 Å². The van der Waals surface area contributed by atoms with Gasteiger partial charge in [0.05, 0.1) is 12.5 Å². The molecule has 2 atom stereocenters. The van der Waals surface area contributed by atoms with Gasteiger partial charge in [-0.15, -0.1) is 0 Å². The van der Waals surface area contributed by atoms with Crippen molar-refractivity contribution in [1.29, 1.82) is 0 Å². The molecule has 0 radical (unpaired) electrons. The highest BCUT2D eigenvalue weighted by Gasteiger charge is 2.29. The highest BCUT2D eigenvalue weighted by Crippen LogP contribution is 2.44. The third-order valence-electron chi connectivity index (χ3n) is 5.92. The van der Waals surface area contributed by atoms with Crippen LogP contribution in [0.25, 0.3) is 11.1 Å². The fraction of sp³-hybridized carbons (Fsp3) is 0.423. The quantitative estimate of drug-likeness (QED) is 0.438. The first-order chi connectivity index (χ1) is 16.4. The minimum atomic E-state index is -0.990. The first-order valence-corrected chi connectivity index (χ1v) is 11.6. The van der Waals surface area contributed by atoms with Crippen LogP contribution in [0.4, 0.5) is 4.79 Å². The Balaban J connectivity index is 1.50. The standard InChI is InChI=1S/C26H32N2O6/c1-3-17(13-24(29)27-15-18(33-4-2)14-25(30)31)28-26(32)34-16-23-21-11-7-5-9-19(21)20-10-6-8-12-22(20)23/h5-12,17-18,23H,3-4,13-16H2,1-2H3,(H,27,29)(H,28,32)(H,30,31). The fourth-order valence-corrected chi connectivity index (χ4v) is 4.25. The molecule has 0 saturated heterocycles. The van der Waals surface area contributed by atoms with Gasteiger partial charge in [0.2, 0.25) is 5.91 Å². The van der Waals surface area contributed by atoms with Gasteiger partial charge in [-0.05, 0) is 35.6 Å². The molecular formula is C26H32N2O6. The number of amides is 2. The van der Waals surface area contributed by atoms with E-state index in [0.717, 1.165) is 22.3 Å². The van der Waals surface area contributed by atoms with Crippen molar-refractivity contribution in [3.05, 3.63) is 59.7 Å². The van der Waals surface area contributed by atoms with Gasteiger partial charge in [0.1, 0.15) is 6.61 Å². The smallest absolute Gasteiger partial charge is 0.407 e. The number of alkyl carbamates (subject to hydrolysis) is 1. The molecule has 0 bridgehead atoms. The number of nitrogens with one attached hydrogen (secondary N) is 2. The zero-order valence-corrected chi connectivity index (χ0v) is 19.6. The summed E-state index contributed by atoms with van der Waals surface area (Å²) in [4.78, 5) is 35.7. The monoisotopic (exact) mass is 468 g/mol. The molecule has 1 aliphatic carbocycles. The number of fused-ring (bicyclic) bond motifs is 3. The highest BCUT2D eigenvalue weighted by atomic mass is 16.5. The molecule has 1 aliphatic rings. The van der Waals surface area contributed by atoms with E-state index >= 15 is 0 Å². The molecule has 182 valence electrons. The van der Waals surface area contributed by atoms with Crippen molar-refractivity contribution in [2.24, 2.45) is 0 Å². The molecule has 0 spiro atoms. The normalized spacial score (nSPS) is 13.9. The summed E-state index contributed by atoms with van der Waals surface area (Å²) in [5.74, 6) is -1.32. The predicted octanol–water partition coefficient (Wildman–Crippen LogP) is 3.69. The third kappa shape index (κ3) is 6.57. The minimum absolute atomic E-state index is 0.0359. The van der Waals surface area contributed by atoms with E-state index in [1.807, 2.05) is 31.2 Å². The zero-order chi connectivity index (χ0) is 24.5. The van der Waals surface area contributed by atoms with Crippen molar-refractivity contribution in [2.75, 3.05) is 19.8 Å². The van der Waals surface area contributed by atoms with Crippen molar-refractivity contribution in [3.63, 3.8) is 0 Å². The van der Waals surface area contributed by atoms with Gasteiger partial charge in [-0.3, -0.25) is 9.59 Å². The van der Waals surface area contributed by atoms with Crippen LogP contribution in [0.1, 0.15) is 50.2 Å². The number of hydrogen-bond acceptors (Lipinski definition) is 5. The number of carboxylic acids is 1. The largest absolute Gasteiger partial charge is 0.481 e. The Morgan fingerprint density at radius 3 is 2.15 bits per heavy atom. The topological polar surface area (TPSA) is 114 Å². The number of benzene rings is 2. The van der Waals surface area contributed by atoms with Gasteiger partial charge in [0.15, 0.2) is 0 Å². The molecule has 3 N–H and O–H groups in total. The van der Waals surface area contributed by atoms with Crippen LogP contribution in [0.5, 0.6) is 0 Å². The Bertz CT molecular complexity index is 963. The summed E-state index contributed by atoms with van der Waals surface area (Å²) in [5.41, 5.74) is 4.58. The molecule has 0 saturated carbocycles. The van der Waals surface area contributed by atoms with Crippen LogP contribution in [-0.2, 0) is 19.1 Å². The van der Waals surface area contributed by atoms with Gasteiger partial charge in [-0.1, -0.05) is 55.5 Å². The Kier molecular flexibility index (Phi) is 9.04. The number of carbonyl (C=O) groups is 3. The van der Waals surface area contributed by atoms with Crippen LogP contribution in [0.3, 0.4) is 0 Å². The second-order valence-corrected chi connectivity index (χ2v) is 8.26. The van der Waals surface area contributed by atoms with E-state index in [9.17, 15) is 14.4 Å². The van der Waals surface area contributed by atoms with Gasteiger partial charge in [-0.25, -0.2) is 4.79 Å². The van der Waals surface area contributed by atoms with Crippen LogP contribution in [-0.4, -0.2) is 55.0 Å². The van der Waals surface area contributed by atoms with E-state index < -0.39 is 24.2 Å². The van der Waals surface area contributed by atoms with Crippen LogP contribution in [0.15, 0.2) is 48.5 Å². The average Bonchev–Trinajstić information content (AvgIpc) is 3.14. The summed E-state index contributed by atoms with van der Waals surface area (Å²) < 4.78 is 10.9. The molecule has 2 aromatic carbocycles. The number of carboxylic acid groups (broad SMARTS) is 1. The Morgan fingerprint density at radius 1 is 0.971 bits per heavy atom. The van der Waals surface area contributed by atoms with E-state index in [0.29, 0.717) is 13.0 Å². The van der Waals surface area contributed by atoms with Crippen molar-refractivity contribution in [3.8, 4) is 11.1 Å². The zero-order valence-electron chi connectivity index (χ0n) is 19.6. The SMILES string of the molecule is CCOC(CNC(=O)CC(CC)NC(=O)OCC1c2ccccc2-c2ccccc21)CC(=O)O. The molecule has 8 heteroatoms. The predicted molar refractivity (Wildman–Crippen MR) is 128 cm³/mol. The lowest BCUT2D eigenvalue weighted by Gasteiger charge is -2.20. The summed E-state index contributed by atoms with van der Waals surface area (Å²) >= 11 is 0. The van der Waals surface area contributed by atoms with Gasteiger partial charge in [-0.2, -0.15) is 0 Å². The first kappa shape index (κ1) is 25.2. The van der Waals surface area contributed by atoms with E-state index in [-0.39, 0.29) is 37.8 Å². The molecule has 3 rings (SSSR count). The van der Waals surface area contributed by atoms with Crippen LogP contribution in [0.2, 0.25) is 0 Å². The number of ether oxygens (including phenoxy) is 2. The molecule has 34 heavy (non-hydrogen) atoms. The molecule has 2 aromatic rings. The molecule has 2 amide bonds. The molecule has 8 nitrogen and oxygen atoms in total. The second-order valence-electron chi connectivity index (χ2n) is 8.26. The lowest BCUT2D eigenvalue weighted by molar-refractivity contribution is -0.140. The summed E-state index contributed by atoms with van der Waals surface area (Å²) in [6, 6.07) is 15.8. The average molecular weight is 469 g/mol. The number of hydrogen-bond donors (Lipinski definition) is 3. The fourth-order valence-electron chi connectivity index (χ4n) is 4.25. The maximum atomic E-state index is 12.5. The summed E-state index contributed by atoms with van der Waals surface area (Å²) in [7, 11) is 0. The van der Waals surface area contributed by atoms with E-state index in [1.54, 1.807) is 6.92 Å². The third-order valence-corrected chi connectivity index (χ3v) is 5.92. The number of rotatable bonds is 12. The van der Waals surface area contributed by atoms with Crippen LogP contribution < -0.4 is 10.6 Å². The molecule has 0 aromatic heterocycles. The minimum Gasteiger partial charge on any atom is -0.481 e. The summed E-state index contributed by atoms with van der Waals surface area (Å²) in [6.07, 6.45) is -0.751. The van der Waals surface area contributed by atoms with Crippen molar-refractivity contribution >= 4 is 18.0 Å². The van der Waals surface area contributed by atoms with Gasteiger partial charge < -0.3 is 25.2 Å². The number of aliphatic carboxylic acids is 1. The van der Waals surface area contributed by atoms with Gasteiger partial charge in [0, 0.05) is 31.5 Å². The lowest BCUT2D eigenvalue weighted by atomic mass is 9.98. The Hall–Kier alpha value is -3.39. The van der Waals surface area contributed by atoms with E-state index in [1.165, 1.54) is 0 Å². The van der Waals surface area contributed by atoms with Crippen LogP contribution in [0, 0.1) is 0 Å². The summed E-state index contributed by atoms with van der Waals surface area (Å²) in [5, 5.41) is 14.4. The molecular weight excluding hydrogens is 436 g/mol. The maximum absolute atomic E-state index is 12.5. The second kappa shape index (κ2) is 12.2. The molecule has 0 fully saturated rings. The van der Waals surface area contributed by atoms with Crippen molar-refractivity contribution < 1.29 is 29.0 Å². The Labute approximate surface area is 199 Å². The highest BCUT2D eigenvalue weighted by molar-refractivity contribution is 5.79. The lowest BCUT2D eigenvalue weighted by Crippen LogP contribution is -2.41. The number of carbonyl (C=O) groups excluding carboxylic acids is 2.